The van der Waals surface area contributed by atoms with Gasteiger partial charge in [0, 0.05) is 17.8 Å². The number of aromatic nitrogens is 3. The SMILES string of the molecule is CCCN(Cc1nc2cc(Cl)ccc2c(=O)[nH]1)C(=O)c1cccnc1OC. The number of carbonyl (C=O) groups excluding carboxylic acids is 1. The first-order chi connectivity index (χ1) is 13.0. The van der Waals surface area contributed by atoms with Crippen molar-refractivity contribution in [2.75, 3.05) is 13.7 Å². The monoisotopic (exact) mass is 386 g/mol. The Balaban J connectivity index is 1.96. The van der Waals surface area contributed by atoms with Crippen LogP contribution in [0.5, 0.6) is 5.88 Å². The molecule has 140 valence electrons. The summed E-state index contributed by atoms with van der Waals surface area (Å²) in [6, 6.07) is 8.24. The second-order valence-electron chi connectivity index (χ2n) is 5.96. The highest BCUT2D eigenvalue weighted by Gasteiger charge is 2.21. The second kappa shape index (κ2) is 8.18. The molecule has 0 atom stereocenters. The summed E-state index contributed by atoms with van der Waals surface area (Å²) in [6.45, 7) is 2.62. The van der Waals surface area contributed by atoms with Crippen molar-refractivity contribution in [2.24, 2.45) is 0 Å². The molecule has 1 amide bonds. The van der Waals surface area contributed by atoms with Crippen molar-refractivity contribution < 1.29 is 9.53 Å². The van der Waals surface area contributed by atoms with Crippen LogP contribution in [-0.2, 0) is 6.54 Å². The van der Waals surface area contributed by atoms with Crippen molar-refractivity contribution in [3.8, 4) is 5.88 Å². The van der Waals surface area contributed by atoms with Gasteiger partial charge in [-0.2, -0.15) is 0 Å². The van der Waals surface area contributed by atoms with Gasteiger partial charge in [-0.15, -0.1) is 0 Å². The van der Waals surface area contributed by atoms with Gasteiger partial charge in [0.2, 0.25) is 5.88 Å². The third-order valence-electron chi connectivity index (χ3n) is 4.03. The standard InChI is InChI=1S/C19H19ClN4O3/c1-3-9-24(19(26)14-5-4-8-21-18(14)27-2)11-16-22-15-10-12(20)6-7-13(15)17(25)23-16/h4-8,10H,3,9,11H2,1-2H3,(H,22,23,25). The number of H-pyrrole nitrogens is 1. The highest BCUT2D eigenvalue weighted by Crippen LogP contribution is 2.18. The van der Waals surface area contributed by atoms with Gasteiger partial charge in [0.05, 0.1) is 24.6 Å². The summed E-state index contributed by atoms with van der Waals surface area (Å²) in [7, 11) is 1.47. The van der Waals surface area contributed by atoms with Crippen LogP contribution in [-0.4, -0.2) is 39.4 Å². The van der Waals surface area contributed by atoms with Crippen LogP contribution >= 0.6 is 11.6 Å². The number of amides is 1. The fourth-order valence-electron chi connectivity index (χ4n) is 2.83. The molecule has 3 aromatic rings. The van der Waals surface area contributed by atoms with Gasteiger partial charge in [-0.1, -0.05) is 18.5 Å². The van der Waals surface area contributed by atoms with Gasteiger partial charge in [0.25, 0.3) is 11.5 Å². The number of rotatable bonds is 6. The van der Waals surface area contributed by atoms with Crippen molar-refractivity contribution in [3.63, 3.8) is 0 Å². The number of nitrogens with one attached hydrogen (secondary N) is 1. The van der Waals surface area contributed by atoms with E-state index in [1.54, 1.807) is 41.4 Å². The van der Waals surface area contributed by atoms with E-state index >= 15 is 0 Å². The van der Waals surface area contributed by atoms with Crippen LogP contribution in [0.25, 0.3) is 10.9 Å². The smallest absolute Gasteiger partial charge is 0.259 e. The average molecular weight is 387 g/mol. The molecular weight excluding hydrogens is 368 g/mol. The molecule has 0 fully saturated rings. The van der Waals surface area contributed by atoms with E-state index in [2.05, 4.69) is 15.0 Å². The van der Waals surface area contributed by atoms with Gasteiger partial charge in [0.1, 0.15) is 11.4 Å². The van der Waals surface area contributed by atoms with Gasteiger partial charge in [-0.05, 0) is 36.8 Å². The molecular formula is C19H19ClN4O3. The lowest BCUT2D eigenvalue weighted by Gasteiger charge is -2.22. The van der Waals surface area contributed by atoms with Gasteiger partial charge < -0.3 is 14.6 Å². The molecule has 27 heavy (non-hydrogen) atoms. The van der Waals surface area contributed by atoms with Crippen molar-refractivity contribution in [1.82, 2.24) is 19.9 Å². The number of pyridine rings is 1. The maximum Gasteiger partial charge on any atom is 0.259 e. The van der Waals surface area contributed by atoms with E-state index in [0.717, 1.165) is 6.42 Å². The summed E-state index contributed by atoms with van der Waals surface area (Å²) in [6.07, 6.45) is 2.31. The summed E-state index contributed by atoms with van der Waals surface area (Å²) < 4.78 is 5.19. The van der Waals surface area contributed by atoms with Crippen LogP contribution in [0.1, 0.15) is 29.5 Å². The molecule has 7 nitrogen and oxygen atoms in total. The Morgan fingerprint density at radius 2 is 2.15 bits per heavy atom. The molecule has 1 N–H and O–H groups in total. The molecule has 0 bridgehead atoms. The second-order valence-corrected chi connectivity index (χ2v) is 6.40. The Hall–Kier alpha value is -2.93. The van der Waals surface area contributed by atoms with Crippen molar-refractivity contribution in [2.45, 2.75) is 19.9 Å². The van der Waals surface area contributed by atoms with Crippen molar-refractivity contribution in [3.05, 3.63) is 63.3 Å². The van der Waals surface area contributed by atoms with E-state index in [1.807, 2.05) is 6.92 Å². The Kier molecular flexibility index (Phi) is 5.71. The third kappa shape index (κ3) is 4.09. The molecule has 1 aromatic carbocycles. The lowest BCUT2D eigenvalue weighted by Crippen LogP contribution is -2.33. The molecule has 0 aliphatic heterocycles. The van der Waals surface area contributed by atoms with E-state index in [9.17, 15) is 9.59 Å². The van der Waals surface area contributed by atoms with Gasteiger partial charge in [0.15, 0.2) is 0 Å². The summed E-state index contributed by atoms with van der Waals surface area (Å²) in [4.78, 5) is 38.2. The van der Waals surface area contributed by atoms with Crippen LogP contribution in [0.3, 0.4) is 0 Å². The zero-order chi connectivity index (χ0) is 19.4. The third-order valence-corrected chi connectivity index (χ3v) is 4.27. The maximum absolute atomic E-state index is 13.0. The Morgan fingerprint density at radius 1 is 1.33 bits per heavy atom. The minimum absolute atomic E-state index is 0.155. The topological polar surface area (TPSA) is 88.2 Å². The zero-order valence-corrected chi connectivity index (χ0v) is 15.8. The van der Waals surface area contributed by atoms with Crippen molar-refractivity contribution in [1.29, 1.82) is 0 Å². The number of fused-ring (bicyclic) bond motifs is 1. The Morgan fingerprint density at radius 3 is 2.89 bits per heavy atom. The fourth-order valence-corrected chi connectivity index (χ4v) is 2.99. The van der Waals surface area contributed by atoms with Crippen LogP contribution in [0.4, 0.5) is 0 Å². The summed E-state index contributed by atoms with van der Waals surface area (Å²) in [5.41, 5.74) is 0.582. The minimum atomic E-state index is -0.269. The summed E-state index contributed by atoms with van der Waals surface area (Å²) in [5, 5.41) is 0.943. The minimum Gasteiger partial charge on any atom is -0.480 e. The predicted octanol–water partition coefficient (Wildman–Crippen LogP) is 3.03. The van der Waals surface area contributed by atoms with Crippen molar-refractivity contribution >= 4 is 28.4 Å². The first kappa shape index (κ1) is 18.8. The predicted molar refractivity (Wildman–Crippen MR) is 103 cm³/mol. The molecule has 2 aromatic heterocycles. The van der Waals surface area contributed by atoms with Crippen LogP contribution in [0.15, 0.2) is 41.3 Å². The first-order valence-corrected chi connectivity index (χ1v) is 8.88. The lowest BCUT2D eigenvalue weighted by molar-refractivity contribution is 0.0734. The number of benzene rings is 1. The molecule has 0 aliphatic carbocycles. The van der Waals surface area contributed by atoms with Crippen LogP contribution in [0, 0.1) is 0 Å². The largest absolute Gasteiger partial charge is 0.480 e. The van der Waals surface area contributed by atoms with Crippen LogP contribution < -0.4 is 10.3 Å². The van der Waals surface area contributed by atoms with Gasteiger partial charge in [-0.25, -0.2) is 9.97 Å². The molecule has 0 saturated carbocycles. The maximum atomic E-state index is 13.0. The molecule has 2 heterocycles. The number of nitrogens with zero attached hydrogens (tertiary/aromatic N) is 3. The molecule has 0 aliphatic rings. The van der Waals surface area contributed by atoms with E-state index in [-0.39, 0.29) is 23.9 Å². The normalized spacial score (nSPS) is 10.8. The molecule has 8 heteroatoms. The summed E-state index contributed by atoms with van der Waals surface area (Å²) >= 11 is 6.01. The number of methoxy groups -OCH3 is 1. The molecule has 0 unspecified atom stereocenters. The Labute approximate surface area is 161 Å². The molecule has 0 saturated heterocycles. The van der Waals surface area contributed by atoms with Gasteiger partial charge in [-0.3, -0.25) is 9.59 Å². The van der Waals surface area contributed by atoms with E-state index in [4.69, 9.17) is 16.3 Å². The Bertz CT molecular complexity index is 1030. The highest BCUT2D eigenvalue weighted by molar-refractivity contribution is 6.31. The number of hydrogen-bond donors (Lipinski definition) is 1. The van der Waals surface area contributed by atoms with E-state index in [1.165, 1.54) is 7.11 Å². The number of ether oxygens (including phenoxy) is 1. The van der Waals surface area contributed by atoms with Gasteiger partial charge >= 0.3 is 0 Å². The number of carbonyl (C=O) groups is 1. The lowest BCUT2D eigenvalue weighted by atomic mass is 10.2. The summed E-state index contributed by atoms with van der Waals surface area (Å²) in [5.74, 6) is 0.408. The fraction of sp³-hybridized carbons (Fsp3) is 0.263. The average Bonchev–Trinajstić information content (AvgIpc) is 2.66. The molecule has 3 rings (SSSR count). The molecule has 0 radical (unpaired) electrons. The zero-order valence-electron chi connectivity index (χ0n) is 15.0. The van der Waals surface area contributed by atoms with E-state index in [0.29, 0.717) is 33.9 Å². The highest BCUT2D eigenvalue weighted by atomic mass is 35.5. The quantitative estimate of drug-likeness (QED) is 0.703. The number of hydrogen-bond acceptors (Lipinski definition) is 5. The number of aromatic amines is 1. The number of halogens is 1. The molecule has 0 spiro atoms. The first-order valence-electron chi connectivity index (χ1n) is 8.50. The van der Waals surface area contributed by atoms with E-state index < -0.39 is 0 Å². The van der Waals surface area contributed by atoms with Crippen LogP contribution in [0.2, 0.25) is 5.02 Å².